The number of hydrogen-bond acceptors (Lipinski definition) is 2. The summed E-state index contributed by atoms with van der Waals surface area (Å²) in [6.07, 6.45) is 2.61. The zero-order chi connectivity index (χ0) is 14.8. The van der Waals surface area contributed by atoms with Gasteiger partial charge in [-0.3, -0.25) is 9.80 Å². The maximum Gasteiger partial charge on any atom is 0.0243 e. The molecule has 0 saturated carbocycles. The molecule has 22 heavy (non-hydrogen) atoms. The molecule has 0 atom stereocenters. The first kappa shape index (κ1) is 14.0. The molecule has 0 unspecified atom stereocenters. The summed E-state index contributed by atoms with van der Waals surface area (Å²) in [5.74, 6) is 0. The topological polar surface area (TPSA) is 6.48 Å². The summed E-state index contributed by atoms with van der Waals surface area (Å²) in [5, 5.41) is 0. The predicted molar refractivity (Wildman–Crippen MR) is 90.4 cm³/mol. The van der Waals surface area contributed by atoms with E-state index in [1.165, 1.54) is 42.6 Å². The highest BCUT2D eigenvalue weighted by atomic mass is 15.2. The van der Waals surface area contributed by atoms with Crippen LogP contribution in [0.2, 0.25) is 0 Å². The molecule has 2 heteroatoms. The van der Waals surface area contributed by atoms with Crippen LogP contribution in [0, 0.1) is 0 Å². The van der Waals surface area contributed by atoms with Gasteiger partial charge < -0.3 is 0 Å². The third kappa shape index (κ3) is 2.94. The lowest BCUT2D eigenvalue weighted by molar-refractivity contribution is 0.103. The summed E-state index contributed by atoms with van der Waals surface area (Å²) in [6, 6.07) is 20.6. The van der Waals surface area contributed by atoms with E-state index in [1.807, 2.05) is 0 Å². The molecule has 2 aliphatic rings. The molecule has 0 N–H and O–H groups in total. The fourth-order valence-corrected chi connectivity index (χ4v) is 3.90. The monoisotopic (exact) mass is 292 g/mol. The minimum atomic E-state index is 0.763. The summed E-state index contributed by atoms with van der Waals surface area (Å²) in [4.78, 5) is 5.29. The second kappa shape index (κ2) is 6.23. The Labute approximate surface area is 133 Å². The van der Waals surface area contributed by atoms with Crippen LogP contribution in [0.3, 0.4) is 0 Å². The van der Waals surface area contributed by atoms with Crippen LogP contribution in [0.15, 0.2) is 54.6 Å². The van der Waals surface area contributed by atoms with E-state index in [9.17, 15) is 0 Å². The van der Waals surface area contributed by atoms with Gasteiger partial charge in [0.15, 0.2) is 0 Å². The quantitative estimate of drug-likeness (QED) is 0.851. The maximum atomic E-state index is 2.69. The molecule has 0 radical (unpaired) electrons. The SMILES string of the molecule is c1ccc(CN2CCC(N3Cc4ccccc4C3)CC2)cc1. The van der Waals surface area contributed by atoms with Gasteiger partial charge >= 0.3 is 0 Å². The van der Waals surface area contributed by atoms with E-state index in [-0.39, 0.29) is 0 Å². The lowest BCUT2D eigenvalue weighted by atomic mass is 10.0. The van der Waals surface area contributed by atoms with Crippen LogP contribution in [0.25, 0.3) is 0 Å². The van der Waals surface area contributed by atoms with E-state index in [2.05, 4.69) is 64.4 Å². The summed E-state index contributed by atoms with van der Waals surface area (Å²) in [6.45, 7) is 5.87. The minimum Gasteiger partial charge on any atom is -0.299 e. The third-order valence-corrected chi connectivity index (χ3v) is 5.19. The summed E-state index contributed by atoms with van der Waals surface area (Å²) >= 11 is 0. The van der Waals surface area contributed by atoms with Crippen LogP contribution < -0.4 is 0 Å². The van der Waals surface area contributed by atoms with Crippen molar-refractivity contribution >= 4 is 0 Å². The Balaban J connectivity index is 1.32. The van der Waals surface area contributed by atoms with E-state index >= 15 is 0 Å². The van der Waals surface area contributed by atoms with Crippen molar-refractivity contribution in [1.82, 2.24) is 9.80 Å². The van der Waals surface area contributed by atoms with Gasteiger partial charge in [-0.05, 0) is 42.6 Å². The Morgan fingerprint density at radius 3 is 2.00 bits per heavy atom. The predicted octanol–water partition coefficient (Wildman–Crippen LogP) is 3.67. The number of fused-ring (bicyclic) bond motifs is 1. The number of rotatable bonds is 3. The van der Waals surface area contributed by atoms with E-state index in [0.29, 0.717) is 0 Å². The highest BCUT2D eigenvalue weighted by molar-refractivity contribution is 5.30. The normalized spacial score (nSPS) is 20.2. The molecule has 0 bridgehead atoms. The fraction of sp³-hybridized carbons (Fsp3) is 0.400. The van der Waals surface area contributed by atoms with Gasteiger partial charge in [0.05, 0.1) is 0 Å². The fourth-order valence-electron chi connectivity index (χ4n) is 3.90. The molecule has 2 nitrogen and oxygen atoms in total. The van der Waals surface area contributed by atoms with E-state index in [1.54, 1.807) is 0 Å². The number of nitrogens with zero attached hydrogens (tertiary/aromatic N) is 2. The van der Waals surface area contributed by atoms with Crippen molar-refractivity contribution < 1.29 is 0 Å². The summed E-state index contributed by atoms with van der Waals surface area (Å²) < 4.78 is 0. The minimum absolute atomic E-state index is 0.763. The maximum absolute atomic E-state index is 2.69. The van der Waals surface area contributed by atoms with E-state index in [0.717, 1.165) is 25.7 Å². The van der Waals surface area contributed by atoms with Crippen LogP contribution in [0.1, 0.15) is 29.5 Å². The van der Waals surface area contributed by atoms with Gasteiger partial charge in [-0.2, -0.15) is 0 Å². The van der Waals surface area contributed by atoms with E-state index < -0.39 is 0 Å². The van der Waals surface area contributed by atoms with Crippen molar-refractivity contribution in [2.75, 3.05) is 13.1 Å². The van der Waals surface area contributed by atoms with Crippen LogP contribution in [0.4, 0.5) is 0 Å². The standard InChI is InChI=1S/C20H24N2/c1-2-6-17(7-3-1)14-21-12-10-20(11-13-21)22-15-18-8-4-5-9-19(18)16-22/h1-9,20H,10-16H2. The first-order valence-corrected chi connectivity index (χ1v) is 8.45. The molecule has 2 aromatic carbocycles. The summed E-state index contributed by atoms with van der Waals surface area (Å²) in [7, 11) is 0. The smallest absolute Gasteiger partial charge is 0.0243 e. The van der Waals surface area contributed by atoms with Gasteiger partial charge in [-0.15, -0.1) is 0 Å². The van der Waals surface area contributed by atoms with Crippen LogP contribution in [-0.2, 0) is 19.6 Å². The van der Waals surface area contributed by atoms with Crippen molar-refractivity contribution in [1.29, 1.82) is 0 Å². The average Bonchev–Trinajstić information content (AvgIpc) is 3.00. The zero-order valence-corrected chi connectivity index (χ0v) is 13.1. The van der Waals surface area contributed by atoms with Crippen molar-refractivity contribution in [3.05, 3.63) is 71.3 Å². The van der Waals surface area contributed by atoms with Crippen molar-refractivity contribution in [3.8, 4) is 0 Å². The van der Waals surface area contributed by atoms with E-state index in [4.69, 9.17) is 0 Å². The van der Waals surface area contributed by atoms with Gasteiger partial charge in [0.2, 0.25) is 0 Å². The molecular formula is C20H24N2. The second-order valence-electron chi connectivity index (χ2n) is 6.67. The van der Waals surface area contributed by atoms with Gasteiger partial charge in [0.25, 0.3) is 0 Å². The lowest BCUT2D eigenvalue weighted by Gasteiger charge is -2.36. The molecule has 0 aliphatic carbocycles. The molecular weight excluding hydrogens is 268 g/mol. The number of likely N-dealkylation sites (tertiary alicyclic amines) is 1. The van der Waals surface area contributed by atoms with Crippen LogP contribution in [-0.4, -0.2) is 28.9 Å². The Hall–Kier alpha value is -1.64. The van der Waals surface area contributed by atoms with Crippen molar-refractivity contribution in [3.63, 3.8) is 0 Å². The first-order chi connectivity index (χ1) is 10.9. The molecule has 0 aromatic heterocycles. The third-order valence-electron chi connectivity index (χ3n) is 5.19. The molecule has 0 amide bonds. The Kier molecular flexibility index (Phi) is 3.96. The first-order valence-electron chi connectivity index (χ1n) is 8.45. The summed E-state index contributed by atoms with van der Waals surface area (Å²) in [5.41, 5.74) is 4.51. The number of piperidine rings is 1. The average molecular weight is 292 g/mol. The Morgan fingerprint density at radius 2 is 1.36 bits per heavy atom. The Bertz CT molecular complexity index is 590. The van der Waals surface area contributed by atoms with Gasteiger partial charge in [0.1, 0.15) is 0 Å². The molecule has 1 fully saturated rings. The van der Waals surface area contributed by atoms with Gasteiger partial charge in [0, 0.05) is 25.7 Å². The second-order valence-corrected chi connectivity index (χ2v) is 6.67. The molecule has 2 heterocycles. The zero-order valence-electron chi connectivity index (χ0n) is 13.1. The largest absolute Gasteiger partial charge is 0.299 e. The molecule has 114 valence electrons. The van der Waals surface area contributed by atoms with Gasteiger partial charge in [-0.25, -0.2) is 0 Å². The highest BCUT2D eigenvalue weighted by Crippen LogP contribution is 2.28. The van der Waals surface area contributed by atoms with Gasteiger partial charge in [-0.1, -0.05) is 54.6 Å². The van der Waals surface area contributed by atoms with Crippen molar-refractivity contribution in [2.45, 2.75) is 38.5 Å². The number of benzene rings is 2. The Morgan fingerprint density at radius 1 is 0.773 bits per heavy atom. The van der Waals surface area contributed by atoms with Crippen LogP contribution >= 0.6 is 0 Å². The van der Waals surface area contributed by atoms with Crippen molar-refractivity contribution in [2.24, 2.45) is 0 Å². The number of hydrogen-bond donors (Lipinski definition) is 0. The van der Waals surface area contributed by atoms with Crippen LogP contribution in [0.5, 0.6) is 0 Å². The molecule has 2 aliphatic heterocycles. The molecule has 2 aromatic rings. The molecule has 4 rings (SSSR count). The molecule has 1 saturated heterocycles. The highest BCUT2D eigenvalue weighted by Gasteiger charge is 2.28. The molecule has 0 spiro atoms. The lowest BCUT2D eigenvalue weighted by Crippen LogP contribution is -2.42.